The van der Waals surface area contributed by atoms with Gasteiger partial charge in [0, 0.05) is 4.90 Å². The monoisotopic (exact) mass is 156 g/mol. The molecule has 0 fully saturated rings. The first-order valence-corrected chi connectivity index (χ1v) is 4.55. The summed E-state index contributed by atoms with van der Waals surface area (Å²) < 4.78 is 0. The van der Waals surface area contributed by atoms with Crippen LogP contribution in [0.1, 0.15) is 25.5 Å². The molecule has 10 heavy (non-hydrogen) atoms. The maximum absolute atomic E-state index is 3.97. The number of H-pyrrole nitrogens is 1. The molecule has 0 amide bonds. The predicted octanol–water partition coefficient (Wildman–Crippen LogP) is 2.25. The standard InChI is InChI=1S/C7H12N2S/c1-5(2)7-6(10-3)4-8-9-7/h4-5H,1-3H3,(H,8,9). The number of hydrogen-bond acceptors (Lipinski definition) is 2. The van der Waals surface area contributed by atoms with E-state index in [1.807, 2.05) is 6.20 Å². The van der Waals surface area contributed by atoms with Gasteiger partial charge in [-0.1, -0.05) is 13.8 Å². The van der Waals surface area contributed by atoms with Crippen LogP contribution >= 0.6 is 11.8 Å². The summed E-state index contributed by atoms with van der Waals surface area (Å²) in [5.74, 6) is 0.546. The van der Waals surface area contributed by atoms with E-state index in [4.69, 9.17) is 0 Å². The van der Waals surface area contributed by atoms with Crippen molar-refractivity contribution in [3.8, 4) is 0 Å². The number of rotatable bonds is 2. The van der Waals surface area contributed by atoms with Crippen LogP contribution in [-0.2, 0) is 0 Å². The maximum Gasteiger partial charge on any atom is 0.0626 e. The van der Waals surface area contributed by atoms with Gasteiger partial charge in [-0.2, -0.15) is 5.10 Å². The van der Waals surface area contributed by atoms with E-state index in [1.54, 1.807) is 11.8 Å². The molecule has 0 bridgehead atoms. The van der Waals surface area contributed by atoms with Crippen LogP contribution in [0.25, 0.3) is 0 Å². The molecule has 0 aliphatic rings. The van der Waals surface area contributed by atoms with E-state index in [0.29, 0.717) is 5.92 Å². The fourth-order valence-corrected chi connectivity index (χ4v) is 1.52. The Balaban J connectivity index is 2.90. The van der Waals surface area contributed by atoms with E-state index in [9.17, 15) is 0 Å². The molecule has 0 saturated carbocycles. The van der Waals surface area contributed by atoms with Gasteiger partial charge in [0.2, 0.25) is 0 Å². The lowest BCUT2D eigenvalue weighted by Crippen LogP contribution is -1.88. The summed E-state index contributed by atoms with van der Waals surface area (Å²) in [6.07, 6.45) is 3.94. The van der Waals surface area contributed by atoms with E-state index in [1.165, 1.54) is 10.6 Å². The Morgan fingerprint density at radius 1 is 1.60 bits per heavy atom. The molecule has 3 heteroatoms. The third-order valence-corrected chi connectivity index (χ3v) is 2.19. The molecule has 1 heterocycles. The minimum Gasteiger partial charge on any atom is -0.281 e. The van der Waals surface area contributed by atoms with Gasteiger partial charge in [-0.15, -0.1) is 11.8 Å². The van der Waals surface area contributed by atoms with Crippen molar-refractivity contribution in [1.29, 1.82) is 0 Å². The van der Waals surface area contributed by atoms with E-state index in [-0.39, 0.29) is 0 Å². The topological polar surface area (TPSA) is 28.7 Å². The van der Waals surface area contributed by atoms with Crippen LogP contribution in [0.2, 0.25) is 0 Å². The minimum atomic E-state index is 0.546. The summed E-state index contributed by atoms with van der Waals surface area (Å²) in [6.45, 7) is 4.32. The second kappa shape index (κ2) is 3.10. The summed E-state index contributed by atoms with van der Waals surface area (Å²) in [5.41, 5.74) is 1.24. The zero-order chi connectivity index (χ0) is 7.56. The third-order valence-electron chi connectivity index (χ3n) is 1.43. The predicted molar refractivity (Wildman–Crippen MR) is 44.5 cm³/mol. The van der Waals surface area contributed by atoms with Crippen LogP contribution in [0.5, 0.6) is 0 Å². The highest BCUT2D eigenvalue weighted by Gasteiger charge is 2.06. The molecule has 1 N–H and O–H groups in total. The molecule has 0 atom stereocenters. The number of nitrogens with one attached hydrogen (secondary N) is 1. The van der Waals surface area contributed by atoms with Gasteiger partial charge in [-0.25, -0.2) is 0 Å². The van der Waals surface area contributed by atoms with Crippen LogP contribution < -0.4 is 0 Å². The average molecular weight is 156 g/mol. The van der Waals surface area contributed by atoms with Gasteiger partial charge in [-0.3, -0.25) is 5.10 Å². The number of nitrogens with zero attached hydrogens (tertiary/aromatic N) is 1. The molecular formula is C7H12N2S. The molecule has 2 nitrogen and oxygen atoms in total. The molecule has 0 aliphatic heterocycles. The van der Waals surface area contributed by atoms with Crippen LogP contribution in [0.4, 0.5) is 0 Å². The molecule has 0 saturated heterocycles. The zero-order valence-electron chi connectivity index (χ0n) is 6.51. The average Bonchev–Trinajstić information content (AvgIpc) is 2.33. The van der Waals surface area contributed by atoms with Gasteiger partial charge in [0.25, 0.3) is 0 Å². The largest absolute Gasteiger partial charge is 0.281 e. The summed E-state index contributed by atoms with van der Waals surface area (Å²) in [4.78, 5) is 1.26. The minimum absolute atomic E-state index is 0.546. The van der Waals surface area contributed by atoms with Gasteiger partial charge < -0.3 is 0 Å². The smallest absolute Gasteiger partial charge is 0.0626 e. The van der Waals surface area contributed by atoms with Crippen LogP contribution in [0.3, 0.4) is 0 Å². The third kappa shape index (κ3) is 1.34. The van der Waals surface area contributed by atoms with E-state index >= 15 is 0 Å². The summed E-state index contributed by atoms with van der Waals surface area (Å²) in [7, 11) is 0. The molecule has 0 spiro atoms. The molecule has 56 valence electrons. The van der Waals surface area contributed by atoms with E-state index in [2.05, 4.69) is 30.3 Å². The first-order chi connectivity index (χ1) is 4.75. The molecule has 1 aromatic heterocycles. The van der Waals surface area contributed by atoms with Crippen LogP contribution in [0, 0.1) is 0 Å². The van der Waals surface area contributed by atoms with Crippen molar-refractivity contribution in [2.24, 2.45) is 0 Å². The number of hydrogen-bond donors (Lipinski definition) is 1. The van der Waals surface area contributed by atoms with Crippen molar-refractivity contribution in [2.45, 2.75) is 24.7 Å². The fourth-order valence-electron chi connectivity index (χ4n) is 0.861. The normalized spacial score (nSPS) is 10.8. The lowest BCUT2D eigenvalue weighted by atomic mass is 10.1. The number of thioether (sulfide) groups is 1. The first-order valence-electron chi connectivity index (χ1n) is 3.33. The summed E-state index contributed by atoms with van der Waals surface area (Å²) >= 11 is 1.74. The number of aromatic nitrogens is 2. The van der Waals surface area contributed by atoms with Crippen molar-refractivity contribution >= 4 is 11.8 Å². The Bertz CT molecular complexity index is 205. The van der Waals surface area contributed by atoms with Crippen molar-refractivity contribution in [1.82, 2.24) is 10.2 Å². The lowest BCUT2D eigenvalue weighted by Gasteiger charge is -2.01. The van der Waals surface area contributed by atoms with E-state index < -0.39 is 0 Å². The first kappa shape index (κ1) is 7.66. The summed E-state index contributed by atoms with van der Waals surface area (Å²) in [5, 5.41) is 6.95. The highest BCUT2D eigenvalue weighted by atomic mass is 32.2. The molecule has 1 aromatic rings. The molecular weight excluding hydrogens is 144 g/mol. The fraction of sp³-hybridized carbons (Fsp3) is 0.571. The van der Waals surface area contributed by atoms with Gasteiger partial charge in [0.05, 0.1) is 11.9 Å². The Kier molecular flexibility index (Phi) is 2.38. The molecule has 0 aliphatic carbocycles. The molecule has 0 unspecified atom stereocenters. The molecule has 0 radical (unpaired) electrons. The zero-order valence-corrected chi connectivity index (χ0v) is 7.33. The Labute approximate surface area is 65.4 Å². The van der Waals surface area contributed by atoms with Gasteiger partial charge in [-0.05, 0) is 12.2 Å². The van der Waals surface area contributed by atoms with E-state index in [0.717, 1.165) is 0 Å². The van der Waals surface area contributed by atoms with Crippen molar-refractivity contribution in [3.63, 3.8) is 0 Å². The highest BCUT2D eigenvalue weighted by molar-refractivity contribution is 7.98. The Morgan fingerprint density at radius 3 is 2.70 bits per heavy atom. The number of aromatic amines is 1. The quantitative estimate of drug-likeness (QED) is 0.665. The van der Waals surface area contributed by atoms with Gasteiger partial charge in [0.1, 0.15) is 0 Å². The van der Waals surface area contributed by atoms with Crippen molar-refractivity contribution in [3.05, 3.63) is 11.9 Å². The Morgan fingerprint density at radius 2 is 2.30 bits per heavy atom. The van der Waals surface area contributed by atoms with Gasteiger partial charge >= 0.3 is 0 Å². The second-order valence-corrected chi connectivity index (χ2v) is 3.35. The van der Waals surface area contributed by atoms with Crippen molar-refractivity contribution in [2.75, 3.05) is 6.26 Å². The lowest BCUT2D eigenvalue weighted by molar-refractivity contribution is 0.794. The SMILES string of the molecule is CSc1cn[nH]c1C(C)C. The van der Waals surface area contributed by atoms with Crippen molar-refractivity contribution < 1.29 is 0 Å². The summed E-state index contributed by atoms with van der Waals surface area (Å²) in [6, 6.07) is 0. The maximum atomic E-state index is 3.97. The van der Waals surface area contributed by atoms with Gasteiger partial charge in [0.15, 0.2) is 0 Å². The second-order valence-electron chi connectivity index (χ2n) is 2.51. The van der Waals surface area contributed by atoms with Crippen LogP contribution in [0.15, 0.2) is 11.1 Å². The van der Waals surface area contributed by atoms with Crippen LogP contribution in [-0.4, -0.2) is 16.5 Å². The molecule has 0 aromatic carbocycles. The Hall–Kier alpha value is -0.440. The highest BCUT2D eigenvalue weighted by Crippen LogP contribution is 2.23. The molecule has 1 rings (SSSR count).